The lowest BCUT2D eigenvalue weighted by Gasteiger charge is -2.36. The number of benzene rings is 1. The number of anilines is 1. The fourth-order valence-corrected chi connectivity index (χ4v) is 5.94. The first-order chi connectivity index (χ1) is 14.5. The quantitative estimate of drug-likeness (QED) is 0.748. The molecule has 2 aliphatic heterocycles. The second kappa shape index (κ2) is 8.73. The first-order valence-electron chi connectivity index (χ1n) is 10.5. The fourth-order valence-electron chi connectivity index (χ4n) is 4.24. The molecule has 0 bridgehead atoms. The molecular formula is C22H28N4O3S. The second-order valence-corrected chi connectivity index (χ2v) is 9.86. The van der Waals surface area contributed by atoms with Crippen molar-refractivity contribution in [2.24, 2.45) is 0 Å². The number of nitrogens with zero attached hydrogens (tertiary/aromatic N) is 4. The molecule has 2 fully saturated rings. The van der Waals surface area contributed by atoms with Gasteiger partial charge in [-0.15, -0.1) is 0 Å². The van der Waals surface area contributed by atoms with Crippen molar-refractivity contribution in [2.75, 3.05) is 37.6 Å². The van der Waals surface area contributed by atoms with Crippen molar-refractivity contribution in [3.05, 3.63) is 54.4 Å². The van der Waals surface area contributed by atoms with Crippen LogP contribution in [0.1, 0.15) is 36.5 Å². The second-order valence-electron chi connectivity index (χ2n) is 7.97. The fraction of sp³-hybridized carbons (Fsp3) is 0.455. The molecule has 8 heteroatoms. The van der Waals surface area contributed by atoms with Crippen LogP contribution < -0.4 is 4.90 Å². The van der Waals surface area contributed by atoms with Gasteiger partial charge in [0.25, 0.3) is 5.91 Å². The minimum absolute atomic E-state index is 0.0155. The number of aromatic nitrogens is 1. The maximum atomic E-state index is 13.0. The zero-order valence-electron chi connectivity index (χ0n) is 17.3. The summed E-state index contributed by atoms with van der Waals surface area (Å²) in [5, 5.41) is 0. The molecule has 30 heavy (non-hydrogen) atoms. The number of hydrogen-bond donors (Lipinski definition) is 0. The zero-order valence-corrected chi connectivity index (χ0v) is 18.1. The maximum Gasteiger partial charge on any atom is 0.253 e. The van der Waals surface area contributed by atoms with Gasteiger partial charge in [0.2, 0.25) is 10.0 Å². The van der Waals surface area contributed by atoms with E-state index < -0.39 is 10.0 Å². The number of pyridine rings is 1. The van der Waals surface area contributed by atoms with Gasteiger partial charge in [0, 0.05) is 62.4 Å². The molecular weight excluding hydrogens is 400 g/mol. The lowest BCUT2D eigenvalue weighted by atomic mass is 10.1. The summed E-state index contributed by atoms with van der Waals surface area (Å²) in [6.07, 6.45) is 6.39. The van der Waals surface area contributed by atoms with Crippen LogP contribution in [0.4, 0.5) is 5.69 Å². The Kier molecular flexibility index (Phi) is 6.06. The largest absolute Gasteiger partial charge is 0.368 e. The molecule has 2 aromatic rings. The lowest BCUT2D eigenvalue weighted by molar-refractivity contribution is 0.0746. The smallest absolute Gasteiger partial charge is 0.253 e. The Morgan fingerprint density at radius 2 is 1.60 bits per heavy atom. The lowest BCUT2D eigenvalue weighted by Crippen LogP contribution is -2.48. The van der Waals surface area contributed by atoms with E-state index in [4.69, 9.17) is 0 Å². The summed E-state index contributed by atoms with van der Waals surface area (Å²) in [6, 6.07) is 10.4. The molecule has 1 amide bonds. The first kappa shape index (κ1) is 20.8. The molecule has 0 saturated carbocycles. The normalized spacial score (nSPS) is 20.9. The number of hydrogen-bond acceptors (Lipinski definition) is 5. The van der Waals surface area contributed by atoms with Gasteiger partial charge in [0.15, 0.2) is 0 Å². The SMILES string of the molecule is CC1CCCCN1S(=O)(=O)c1ccc(C(=O)N2CCN(c3ccncc3)CC2)cc1. The van der Waals surface area contributed by atoms with Crippen LogP contribution in [0, 0.1) is 0 Å². The van der Waals surface area contributed by atoms with Crippen LogP contribution in [-0.4, -0.2) is 67.3 Å². The molecule has 1 aromatic heterocycles. The number of carbonyl (C=O) groups excluding carboxylic acids is 1. The van der Waals surface area contributed by atoms with Crippen LogP contribution in [0.2, 0.25) is 0 Å². The monoisotopic (exact) mass is 428 g/mol. The van der Waals surface area contributed by atoms with Crippen LogP contribution in [0.3, 0.4) is 0 Å². The van der Waals surface area contributed by atoms with Crippen molar-refractivity contribution < 1.29 is 13.2 Å². The third-order valence-corrected chi connectivity index (χ3v) is 8.07. The molecule has 0 radical (unpaired) electrons. The first-order valence-corrected chi connectivity index (χ1v) is 12.0. The molecule has 160 valence electrons. The van der Waals surface area contributed by atoms with E-state index in [1.54, 1.807) is 41.0 Å². The van der Waals surface area contributed by atoms with Crippen LogP contribution in [0.25, 0.3) is 0 Å². The van der Waals surface area contributed by atoms with Gasteiger partial charge < -0.3 is 9.80 Å². The predicted octanol–water partition coefficient (Wildman–Crippen LogP) is 2.61. The van der Waals surface area contributed by atoms with Gasteiger partial charge in [-0.05, 0) is 56.2 Å². The highest BCUT2D eigenvalue weighted by molar-refractivity contribution is 7.89. The van der Waals surface area contributed by atoms with E-state index in [-0.39, 0.29) is 16.8 Å². The van der Waals surface area contributed by atoms with Crippen molar-refractivity contribution in [3.63, 3.8) is 0 Å². The van der Waals surface area contributed by atoms with Crippen molar-refractivity contribution in [1.82, 2.24) is 14.2 Å². The van der Waals surface area contributed by atoms with E-state index in [0.29, 0.717) is 25.2 Å². The van der Waals surface area contributed by atoms with Gasteiger partial charge in [0.1, 0.15) is 0 Å². The summed E-state index contributed by atoms with van der Waals surface area (Å²) in [6.45, 7) is 5.30. The Labute approximate surface area is 178 Å². The van der Waals surface area contributed by atoms with Crippen LogP contribution in [0.15, 0.2) is 53.7 Å². The molecule has 1 unspecified atom stereocenters. The van der Waals surface area contributed by atoms with Crippen LogP contribution in [-0.2, 0) is 10.0 Å². The number of piperazine rings is 1. The minimum atomic E-state index is -3.52. The molecule has 0 aliphatic carbocycles. The Hall–Kier alpha value is -2.45. The summed E-state index contributed by atoms with van der Waals surface area (Å²) >= 11 is 0. The number of rotatable bonds is 4. The van der Waals surface area contributed by atoms with Gasteiger partial charge in [-0.3, -0.25) is 9.78 Å². The zero-order chi connectivity index (χ0) is 21.1. The summed E-state index contributed by atoms with van der Waals surface area (Å²) in [5.41, 5.74) is 1.64. The summed E-state index contributed by atoms with van der Waals surface area (Å²) in [5.74, 6) is -0.0559. The summed E-state index contributed by atoms with van der Waals surface area (Å²) in [7, 11) is -3.52. The molecule has 3 heterocycles. The molecule has 2 saturated heterocycles. The molecule has 4 rings (SSSR count). The molecule has 1 atom stereocenters. The average Bonchev–Trinajstić information content (AvgIpc) is 2.79. The Balaban J connectivity index is 1.41. The highest BCUT2D eigenvalue weighted by Crippen LogP contribution is 2.25. The third-order valence-electron chi connectivity index (χ3n) is 6.04. The third kappa shape index (κ3) is 4.20. The van der Waals surface area contributed by atoms with Gasteiger partial charge in [0.05, 0.1) is 4.90 Å². The van der Waals surface area contributed by atoms with Gasteiger partial charge in [-0.1, -0.05) is 6.42 Å². The van der Waals surface area contributed by atoms with Crippen molar-refractivity contribution in [3.8, 4) is 0 Å². The molecule has 0 spiro atoms. The topological polar surface area (TPSA) is 73.8 Å². The van der Waals surface area contributed by atoms with E-state index in [1.165, 1.54) is 0 Å². The molecule has 0 N–H and O–H groups in total. The maximum absolute atomic E-state index is 13.0. The highest BCUT2D eigenvalue weighted by atomic mass is 32.2. The highest BCUT2D eigenvalue weighted by Gasteiger charge is 2.31. The number of amides is 1. The summed E-state index contributed by atoms with van der Waals surface area (Å²) in [4.78, 5) is 21.3. The van der Waals surface area contributed by atoms with E-state index in [2.05, 4.69) is 9.88 Å². The van der Waals surface area contributed by atoms with Crippen molar-refractivity contribution in [2.45, 2.75) is 37.1 Å². The molecule has 1 aromatic carbocycles. The number of sulfonamides is 1. The van der Waals surface area contributed by atoms with Gasteiger partial charge in [-0.2, -0.15) is 4.31 Å². The average molecular weight is 429 g/mol. The van der Waals surface area contributed by atoms with Crippen LogP contribution >= 0.6 is 0 Å². The Morgan fingerprint density at radius 1 is 0.933 bits per heavy atom. The molecule has 2 aliphatic rings. The summed E-state index contributed by atoms with van der Waals surface area (Å²) < 4.78 is 27.5. The van der Waals surface area contributed by atoms with Crippen molar-refractivity contribution >= 4 is 21.6 Å². The predicted molar refractivity (Wildman–Crippen MR) is 116 cm³/mol. The van der Waals surface area contributed by atoms with E-state index in [0.717, 1.165) is 38.0 Å². The Morgan fingerprint density at radius 3 is 2.23 bits per heavy atom. The van der Waals surface area contributed by atoms with E-state index in [9.17, 15) is 13.2 Å². The standard InChI is InChI=1S/C22H28N4O3S/c1-18-4-2-3-13-26(18)30(28,29)21-7-5-19(6-8-21)22(27)25-16-14-24(15-17-25)20-9-11-23-12-10-20/h5-12,18H,2-4,13-17H2,1H3. The van der Waals surface area contributed by atoms with Crippen molar-refractivity contribution in [1.29, 1.82) is 0 Å². The Bertz CT molecular complexity index is 971. The van der Waals surface area contributed by atoms with E-state index in [1.807, 2.05) is 24.0 Å². The minimum Gasteiger partial charge on any atom is -0.368 e. The van der Waals surface area contributed by atoms with Crippen LogP contribution in [0.5, 0.6) is 0 Å². The number of carbonyl (C=O) groups is 1. The molecule has 7 nitrogen and oxygen atoms in total. The van der Waals surface area contributed by atoms with Gasteiger partial charge >= 0.3 is 0 Å². The van der Waals surface area contributed by atoms with E-state index >= 15 is 0 Å². The van der Waals surface area contributed by atoms with Gasteiger partial charge in [-0.25, -0.2) is 8.42 Å². The number of piperidine rings is 1.